The first kappa shape index (κ1) is 23.7. The summed E-state index contributed by atoms with van der Waals surface area (Å²) in [7, 11) is 0. The van der Waals surface area contributed by atoms with E-state index >= 15 is 0 Å². The molecule has 3 aliphatic heterocycles. The van der Waals surface area contributed by atoms with Gasteiger partial charge in [-0.1, -0.05) is 31.2 Å². The fraction of sp³-hybridized carbons (Fsp3) is 0.625. The van der Waals surface area contributed by atoms with Crippen molar-refractivity contribution in [1.29, 1.82) is 0 Å². The van der Waals surface area contributed by atoms with Gasteiger partial charge in [-0.2, -0.15) is 0 Å². The Hall–Kier alpha value is -3.05. The molecular formula is C24H32N6O5. The molecule has 35 heavy (non-hydrogen) atoms. The van der Waals surface area contributed by atoms with Gasteiger partial charge in [0.25, 0.3) is 0 Å². The van der Waals surface area contributed by atoms with Crippen LogP contribution < -0.4 is 10.6 Å². The molecule has 0 radical (unpaired) electrons. The minimum atomic E-state index is -1.09. The van der Waals surface area contributed by atoms with E-state index in [0.717, 1.165) is 11.9 Å². The molecule has 2 aromatic rings. The zero-order chi connectivity index (χ0) is 24.7. The predicted molar refractivity (Wildman–Crippen MR) is 125 cm³/mol. The first-order chi connectivity index (χ1) is 17.0. The summed E-state index contributed by atoms with van der Waals surface area (Å²) in [5.74, 6) is -2.28. The van der Waals surface area contributed by atoms with Gasteiger partial charge in [-0.05, 0) is 37.8 Å². The van der Waals surface area contributed by atoms with E-state index in [-0.39, 0.29) is 31.0 Å². The van der Waals surface area contributed by atoms with E-state index in [1.54, 1.807) is 4.68 Å². The molecule has 3 aliphatic rings. The number of aromatic nitrogens is 3. The number of carbonyl (C=O) groups excluding carboxylic acids is 3. The molecule has 188 valence electrons. The molecule has 0 saturated carbocycles. The number of hydrogen-bond donors (Lipinski definition) is 3. The summed E-state index contributed by atoms with van der Waals surface area (Å²) in [5, 5.41) is 24.1. The molecule has 4 heterocycles. The summed E-state index contributed by atoms with van der Waals surface area (Å²) in [6.45, 7) is 4.13. The van der Waals surface area contributed by atoms with E-state index in [4.69, 9.17) is 4.74 Å². The lowest BCUT2D eigenvalue weighted by Gasteiger charge is -2.36. The molecule has 3 saturated heterocycles. The molecule has 11 nitrogen and oxygen atoms in total. The number of likely N-dealkylation sites (tertiary alicyclic amines) is 1. The Balaban J connectivity index is 1.45. The van der Waals surface area contributed by atoms with Crippen molar-refractivity contribution in [2.45, 2.75) is 70.0 Å². The predicted octanol–water partition coefficient (Wildman–Crippen LogP) is 0.177. The summed E-state index contributed by atoms with van der Waals surface area (Å²) in [4.78, 5) is 42.0. The zero-order valence-electron chi connectivity index (χ0n) is 20.0. The highest BCUT2D eigenvalue weighted by Crippen LogP contribution is 2.58. The quantitative estimate of drug-likeness (QED) is 0.461. The van der Waals surface area contributed by atoms with Crippen LogP contribution in [-0.2, 0) is 25.8 Å². The van der Waals surface area contributed by atoms with Crippen LogP contribution in [0.2, 0.25) is 0 Å². The van der Waals surface area contributed by atoms with Gasteiger partial charge in [0.05, 0.1) is 36.1 Å². The van der Waals surface area contributed by atoms with E-state index < -0.39 is 35.6 Å². The van der Waals surface area contributed by atoms with Gasteiger partial charge >= 0.3 is 0 Å². The van der Waals surface area contributed by atoms with Gasteiger partial charge in [0.1, 0.15) is 23.8 Å². The molecule has 1 aromatic heterocycles. The van der Waals surface area contributed by atoms with Gasteiger partial charge in [-0.25, -0.2) is 4.68 Å². The molecule has 0 aliphatic carbocycles. The molecule has 3 amide bonds. The number of amides is 3. The van der Waals surface area contributed by atoms with Gasteiger partial charge in [0, 0.05) is 6.54 Å². The summed E-state index contributed by atoms with van der Waals surface area (Å²) in [6, 6.07) is 5.94. The second kappa shape index (κ2) is 9.19. The minimum Gasteiger partial charge on any atom is -0.394 e. The highest BCUT2D eigenvalue weighted by molar-refractivity contribution is 5.99. The average molecular weight is 485 g/mol. The summed E-state index contributed by atoms with van der Waals surface area (Å²) in [5.41, 5.74) is 0.395. The number of nitrogens with one attached hydrogen (secondary N) is 2. The summed E-state index contributed by atoms with van der Waals surface area (Å²) in [6.07, 6.45) is 1.97. The monoisotopic (exact) mass is 484 g/mol. The van der Waals surface area contributed by atoms with E-state index in [0.29, 0.717) is 31.3 Å². The van der Waals surface area contributed by atoms with Crippen LogP contribution in [0.5, 0.6) is 0 Å². The van der Waals surface area contributed by atoms with Crippen LogP contribution in [-0.4, -0.2) is 79.7 Å². The molecule has 11 heteroatoms. The normalized spacial score (nSPS) is 30.0. The molecule has 3 N–H and O–H groups in total. The number of carbonyl (C=O) groups is 3. The molecule has 3 fully saturated rings. The fourth-order valence-electron chi connectivity index (χ4n) is 6.15. The van der Waals surface area contributed by atoms with E-state index in [1.807, 2.05) is 38.1 Å². The standard InChI is InChI=1S/C24H32N6O5/c1-3-11-25-21(32)18-17-9-10-24(35-17)19(18)23(34)30(14(4-2)12-31)20(24)22(33)26-13-29-16-8-6-5-7-15(16)27-28-29/h5-8,14,17-20,31H,3-4,9-13H2,1-2H3,(H,25,32)(H,26,33)/t14-,17+,18-,19-,20?,24?/m0/s1. The lowest BCUT2D eigenvalue weighted by molar-refractivity contribution is -0.146. The molecular weight excluding hydrogens is 452 g/mol. The SMILES string of the molecule is CCCNC(=O)[C@@H]1[C@H]2C(=O)N([C@@H](CC)CO)C(C(=O)NCn3nnc4ccccc43)C23CC[C@H]1O3. The topological polar surface area (TPSA) is 139 Å². The molecule has 1 aromatic carbocycles. The lowest BCUT2D eigenvalue weighted by atomic mass is 9.70. The number of aliphatic hydroxyl groups excluding tert-OH is 1. The number of benzene rings is 1. The number of para-hydroxylation sites is 1. The van der Waals surface area contributed by atoms with Crippen LogP contribution in [0.1, 0.15) is 39.5 Å². The van der Waals surface area contributed by atoms with Crippen molar-refractivity contribution in [2.24, 2.45) is 11.8 Å². The van der Waals surface area contributed by atoms with Gasteiger partial charge in [0.15, 0.2) is 0 Å². The minimum absolute atomic E-state index is 0.0678. The third-order valence-corrected chi connectivity index (χ3v) is 7.74. The van der Waals surface area contributed by atoms with Gasteiger partial charge < -0.3 is 25.4 Å². The smallest absolute Gasteiger partial charge is 0.247 e. The van der Waals surface area contributed by atoms with Crippen molar-refractivity contribution >= 4 is 28.8 Å². The maximum absolute atomic E-state index is 13.8. The lowest BCUT2D eigenvalue weighted by Crippen LogP contribution is -2.58. The number of aliphatic hydroxyl groups is 1. The van der Waals surface area contributed by atoms with Crippen LogP contribution >= 0.6 is 0 Å². The van der Waals surface area contributed by atoms with Crippen LogP contribution in [0.15, 0.2) is 24.3 Å². The number of nitrogens with zero attached hydrogens (tertiary/aromatic N) is 4. The van der Waals surface area contributed by atoms with Crippen LogP contribution in [0, 0.1) is 11.8 Å². The third kappa shape index (κ3) is 3.59. The zero-order valence-corrected chi connectivity index (χ0v) is 20.0. The molecule has 1 spiro atoms. The summed E-state index contributed by atoms with van der Waals surface area (Å²) < 4.78 is 7.96. The Morgan fingerprint density at radius 1 is 1.26 bits per heavy atom. The van der Waals surface area contributed by atoms with Crippen molar-refractivity contribution in [2.75, 3.05) is 13.2 Å². The van der Waals surface area contributed by atoms with E-state index in [2.05, 4.69) is 20.9 Å². The molecule has 5 rings (SSSR count). The van der Waals surface area contributed by atoms with Crippen LogP contribution in [0.4, 0.5) is 0 Å². The average Bonchev–Trinajstić information content (AvgIpc) is 3.61. The van der Waals surface area contributed by atoms with Gasteiger partial charge in [0.2, 0.25) is 17.7 Å². The van der Waals surface area contributed by atoms with E-state index in [1.165, 1.54) is 4.90 Å². The Morgan fingerprint density at radius 3 is 2.80 bits per heavy atom. The van der Waals surface area contributed by atoms with Crippen molar-refractivity contribution in [3.8, 4) is 0 Å². The van der Waals surface area contributed by atoms with Crippen molar-refractivity contribution in [3.05, 3.63) is 24.3 Å². The number of ether oxygens (including phenoxy) is 1. The fourth-order valence-corrected chi connectivity index (χ4v) is 6.15. The first-order valence-electron chi connectivity index (χ1n) is 12.4. The molecule has 6 atom stereocenters. The third-order valence-electron chi connectivity index (χ3n) is 7.74. The van der Waals surface area contributed by atoms with Crippen molar-refractivity contribution in [1.82, 2.24) is 30.5 Å². The highest BCUT2D eigenvalue weighted by atomic mass is 16.5. The second-order valence-electron chi connectivity index (χ2n) is 9.61. The summed E-state index contributed by atoms with van der Waals surface area (Å²) >= 11 is 0. The second-order valence-corrected chi connectivity index (χ2v) is 9.61. The first-order valence-corrected chi connectivity index (χ1v) is 12.4. The number of fused-ring (bicyclic) bond motifs is 2. The van der Waals surface area contributed by atoms with Crippen molar-refractivity contribution < 1.29 is 24.2 Å². The van der Waals surface area contributed by atoms with Gasteiger partial charge in [-0.3, -0.25) is 14.4 Å². The Bertz CT molecular complexity index is 1130. The number of rotatable bonds is 9. The molecule has 2 bridgehead atoms. The number of hydrogen-bond acceptors (Lipinski definition) is 7. The Kier molecular flexibility index (Phi) is 6.22. The Labute approximate surface area is 203 Å². The maximum Gasteiger partial charge on any atom is 0.247 e. The molecule has 2 unspecified atom stereocenters. The van der Waals surface area contributed by atoms with Crippen molar-refractivity contribution in [3.63, 3.8) is 0 Å². The maximum atomic E-state index is 13.8. The van der Waals surface area contributed by atoms with Crippen LogP contribution in [0.25, 0.3) is 11.0 Å². The highest BCUT2D eigenvalue weighted by Gasteiger charge is 2.74. The Morgan fingerprint density at radius 2 is 2.06 bits per heavy atom. The van der Waals surface area contributed by atoms with Gasteiger partial charge in [-0.15, -0.1) is 5.10 Å². The van der Waals surface area contributed by atoms with E-state index in [9.17, 15) is 19.5 Å². The van der Waals surface area contributed by atoms with Crippen LogP contribution in [0.3, 0.4) is 0 Å². The largest absolute Gasteiger partial charge is 0.394 e.